The number of thiophene rings is 1. The van der Waals surface area contributed by atoms with Crippen molar-refractivity contribution in [3.8, 4) is 0 Å². The van der Waals surface area contributed by atoms with Gasteiger partial charge >= 0.3 is 0 Å². The van der Waals surface area contributed by atoms with E-state index in [1.54, 1.807) is 6.07 Å². The highest BCUT2D eigenvalue weighted by Gasteiger charge is 2.31. The largest absolute Gasteiger partial charge is 0.376 e. The van der Waals surface area contributed by atoms with Crippen LogP contribution in [0.1, 0.15) is 11.8 Å². The zero-order chi connectivity index (χ0) is 12.6. The number of nitrogens with zero attached hydrogens (tertiary/aromatic N) is 1. The zero-order valence-electron chi connectivity index (χ0n) is 9.64. The molecule has 0 radical (unpaired) electrons. The number of hydrogen-bond acceptors (Lipinski definition) is 4. The Balaban J connectivity index is 2.33. The Kier molecular flexibility index (Phi) is 3.94. The molecule has 1 aromatic heterocycles. The van der Waals surface area contributed by atoms with E-state index < -0.39 is 10.0 Å². The van der Waals surface area contributed by atoms with Crippen molar-refractivity contribution in [3.63, 3.8) is 0 Å². The molecule has 1 aliphatic heterocycles. The molecule has 0 N–H and O–H groups in total. The van der Waals surface area contributed by atoms with E-state index in [4.69, 9.17) is 4.74 Å². The lowest BCUT2D eigenvalue weighted by Gasteiger charge is -2.30. The number of ether oxygens (including phenoxy) is 1. The van der Waals surface area contributed by atoms with Gasteiger partial charge < -0.3 is 4.74 Å². The van der Waals surface area contributed by atoms with Gasteiger partial charge in [0.2, 0.25) is 10.0 Å². The van der Waals surface area contributed by atoms with Crippen LogP contribution in [0.15, 0.2) is 14.7 Å². The molecule has 0 bridgehead atoms. The molecule has 1 saturated heterocycles. The van der Waals surface area contributed by atoms with Gasteiger partial charge in [-0.05, 0) is 35.8 Å². The standard InChI is InChI=1S/C10H14BrNO3S2/c1-7-6-12(3-4-15-7)17(13,14)9-5-10(11)16-8(9)2/h5,7H,3-4,6H2,1-2H3. The van der Waals surface area contributed by atoms with Crippen LogP contribution in [-0.2, 0) is 14.8 Å². The summed E-state index contributed by atoms with van der Waals surface area (Å²) in [6, 6.07) is 1.68. The smallest absolute Gasteiger partial charge is 0.244 e. The van der Waals surface area contributed by atoms with E-state index in [0.717, 1.165) is 8.66 Å². The summed E-state index contributed by atoms with van der Waals surface area (Å²) in [5, 5.41) is 0. The fraction of sp³-hybridized carbons (Fsp3) is 0.600. The second-order valence-corrected chi connectivity index (χ2v) is 8.56. The summed E-state index contributed by atoms with van der Waals surface area (Å²) in [6.07, 6.45) is -0.0408. The number of halogens is 1. The predicted octanol–water partition coefficient (Wildman–Crippen LogP) is 2.23. The van der Waals surface area contributed by atoms with Crippen LogP contribution in [0.2, 0.25) is 0 Å². The summed E-state index contributed by atoms with van der Waals surface area (Å²) in [6.45, 7) is 5.03. The lowest BCUT2D eigenvalue weighted by Crippen LogP contribution is -2.44. The third kappa shape index (κ3) is 2.73. The zero-order valence-corrected chi connectivity index (χ0v) is 12.9. The van der Waals surface area contributed by atoms with Crippen molar-refractivity contribution >= 4 is 37.3 Å². The molecule has 1 unspecified atom stereocenters. The van der Waals surface area contributed by atoms with Gasteiger partial charge in [-0.15, -0.1) is 11.3 Å². The molecule has 0 aromatic carbocycles. The number of rotatable bonds is 2. The maximum Gasteiger partial charge on any atom is 0.244 e. The summed E-state index contributed by atoms with van der Waals surface area (Å²) in [5.74, 6) is 0. The van der Waals surface area contributed by atoms with Gasteiger partial charge in [0.05, 0.1) is 21.4 Å². The fourth-order valence-electron chi connectivity index (χ4n) is 1.83. The summed E-state index contributed by atoms with van der Waals surface area (Å²) in [4.78, 5) is 1.22. The van der Waals surface area contributed by atoms with Gasteiger partial charge in [0.1, 0.15) is 0 Å². The quantitative estimate of drug-likeness (QED) is 0.829. The molecule has 1 aliphatic rings. The van der Waals surface area contributed by atoms with Crippen molar-refractivity contribution < 1.29 is 13.2 Å². The van der Waals surface area contributed by atoms with E-state index in [2.05, 4.69) is 15.9 Å². The molecule has 1 atom stereocenters. The minimum atomic E-state index is -3.37. The lowest BCUT2D eigenvalue weighted by atomic mass is 10.3. The van der Waals surface area contributed by atoms with Gasteiger partial charge in [-0.2, -0.15) is 4.31 Å². The highest BCUT2D eigenvalue weighted by molar-refractivity contribution is 9.11. The monoisotopic (exact) mass is 339 g/mol. The minimum absolute atomic E-state index is 0.0408. The van der Waals surface area contributed by atoms with Crippen molar-refractivity contribution in [2.45, 2.75) is 24.8 Å². The molecule has 17 heavy (non-hydrogen) atoms. The summed E-state index contributed by atoms with van der Waals surface area (Å²) < 4.78 is 32.6. The third-order valence-electron chi connectivity index (χ3n) is 2.66. The van der Waals surface area contributed by atoms with E-state index in [9.17, 15) is 8.42 Å². The Morgan fingerprint density at radius 3 is 2.82 bits per heavy atom. The Bertz CT molecular complexity index is 512. The first-order valence-corrected chi connectivity index (χ1v) is 8.34. The van der Waals surface area contributed by atoms with Crippen molar-refractivity contribution in [3.05, 3.63) is 14.7 Å². The second kappa shape index (κ2) is 4.97. The Morgan fingerprint density at radius 2 is 2.29 bits per heavy atom. The van der Waals surface area contributed by atoms with E-state index in [-0.39, 0.29) is 6.10 Å². The van der Waals surface area contributed by atoms with Crippen molar-refractivity contribution in [1.82, 2.24) is 4.31 Å². The van der Waals surface area contributed by atoms with Crippen LogP contribution in [0.25, 0.3) is 0 Å². The maximum atomic E-state index is 12.4. The molecule has 2 heterocycles. The topological polar surface area (TPSA) is 46.6 Å². The first-order chi connectivity index (χ1) is 7.91. The molecule has 0 aliphatic carbocycles. The highest BCUT2D eigenvalue weighted by atomic mass is 79.9. The molecular weight excluding hydrogens is 326 g/mol. The van der Waals surface area contributed by atoms with E-state index in [0.29, 0.717) is 24.6 Å². The lowest BCUT2D eigenvalue weighted by molar-refractivity contribution is 0.0102. The van der Waals surface area contributed by atoms with Gasteiger partial charge in [0.25, 0.3) is 0 Å². The van der Waals surface area contributed by atoms with E-state index >= 15 is 0 Å². The van der Waals surface area contributed by atoms with Crippen LogP contribution in [0.3, 0.4) is 0 Å². The molecule has 0 spiro atoms. The van der Waals surface area contributed by atoms with Crippen LogP contribution in [-0.4, -0.2) is 38.5 Å². The van der Waals surface area contributed by atoms with Crippen LogP contribution in [0, 0.1) is 6.92 Å². The Morgan fingerprint density at radius 1 is 1.59 bits per heavy atom. The number of aryl methyl sites for hydroxylation is 1. The van der Waals surface area contributed by atoms with Gasteiger partial charge in [-0.1, -0.05) is 0 Å². The molecule has 4 nitrogen and oxygen atoms in total. The molecule has 1 aromatic rings. The molecule has 0 saturated carbocycles. The minimum Gasteiger partial charge on any atom is -0.376 e. The van der Waals surface area contributed by atoms with Crippen molar-refractivity contribution in [2.75, 3.05) is 19.7 Å². The first kappa shape index (κ1) is 13.5. The third-order valence-corrected chi connectivity index (χ3v) is 6.34. The van der Waals surface area contributed by atoms with Crippen LogP contribution in [0.4, 0.5) is 0 Å². The van der Waals surface area contributed by atoms with E-state index in [1.165, 1.54) is 15.6 Å². The maximum absolute atomic E-state index is 12.4. The second-order valence-electron chi connectivity index (χ2n) is 4.02. The molecule has 2 rings (SSSR count). The summed E-state index contributed by atoms with van der Waals surface area (Å²) in [7, 11) is -3.37. The molecular formula is C10H14BrNO3S2. The molecule has 0 amide bonds. The summed E-state index contributed by atoms with van der Waals surface area (Å²) in [5.41, 5.74) is 0. The SMILES string of the molecule is Cc1sc(Br)cc1S(=O)(=O)N1CCOC(C)C1. The Labute approximate surface area is 114 Å². The Hall–Kier alpha value is 0.0500. The molecule has 96 valence electrons. The summed E-state index contributed by atoms with van der Waals surface area (Å²) >= 11 is 4.76. The molecule has 1 fully saturated rings. The van der Waals surface area contributed by atoms with Crippen LogP contribution in [0.5, 0.6) is 0 Å². The molecule has 7 heteroatoms. The normalized spacial score (nSPS) is 22.9. The first-order valence-electron chi connectivity index (χ1n) is 5.29. The van der Waals surface area contributed by atoms with Gasteiger partial charge in [0.15, 0.2) is 0 Å². The fourth-order valence-corrected chi connectivity index (χ4v) is 5.71. The van der Waals surface area contributed by atoms with Gasteiger partial charge in [-0.25, -0.2) is 8.42 Å². The van der Waals surface area contributed by atoms with Crippen molar-refractivity contribution in [2.24, 2.45) is 0 Å². The average Bonchev–Trinajstić information content (AvgIpc) is 2.58. The predicted molar refractivity (Wildman–Crippen MR) is 70.9 cm³/mol. The van der Waals surface area contributed by atoms with Crippen LogP contribution >= 0.6 is 27.3 Å². The number of hydrogen-bond donors (Lipinski definition) is 0. The van der Waals surface area contributed by atoms with E-state index in [1.807, 2.05) is 13.8 Å². The van der Waals surface area contributed by atoms with Gasteiger partial charge in [-0.3, -0.25) is 0 Å². The highest BCUT2D eigenvalue weighted by Crippen LogP contribution is 2.32. The van der Waals surface area contributed by atoms with Gasteiger partial charge in [0, 0.05) is 18.0 Å². The number of sulfonamides is 1. The van der Waals surface area contributed by atoms with Crippen LogP contribution < -0.4 is 0 Å². The average molecular weight is 340 g/mol. The number of morpholine rings is 1. The van der Waals surface area contributed by atoms with Crippen molar-refractivity contribution in [1.29, 1.82) is 0 Å².